The number of alkyl halides is 2. The van der Waals surface area contributed by atoms with E-state index in [1.807, 2.05) is 0 Å². The summed E-state index contributed by atoms with van der Waals surface area (Å²) in [6.45, 7) is 6.06. The zero-order valence-corrected chi connectivity index (χ0v) is 27.5. The zero-order chi connectivity index (χ0) is 33.4. The van der Waals surface area contributed by atoms with Gasteiger partial charge < -0.3 is 19.9 Å². The van der Waals surface area contributed by atoms with E-state index >= 15 is 8.78 Å². The van der Waals surface area contributed by atoms with Crippen LogP contribution in [-0.4, -0.2) is 79.9 Å². The smallest absolute Gasteiger partial charge is 0.407 e. The number of ketones is 1. The number of nitrogens with zero attached hydrogens (tertiary/aromatic N) is 4. The number of amides is 2. The standard InChI is InChI=1S/C31H38ClF2N5O6S/c1-30(2,3)45-29(42)35-22-18-28(41)39(19-22)23-6-10-25(11-7-23)46(43,44)38-14-12-37(13-15-38)27-17-21(16-26(32)36-27)31(33,34)20-4-8-24(40)9-5-20/h6-7,10-11,16-17,20,22H,4-5,8-9,12-15,18-19H2,1-3H3,(H,35,42)/t22-/m1/s1. The summed E-state index contributed by atoms with van der Waals surface area (Å²) >= 11 is 6.16. The topological polar surface area (TPSA) is 129 Å². The van der Waals surface area contributed by atoms with Crippen LogP contribution in [0, 0.1) is 5.92 Å². The third-order valence-corrected chi connectivity index (χ3v) is 10.5. The number of halogens is 3. The van der Waals surface area contributed by atoms with Crippen LogP contribution in [0.2, 0.25) is 5.15 Å². The van der Waals surface area contributed by atoms with Crippen LogP contribution in [0.4, 0.5) is 25.1 Å². The molecule has 5 rings (SSSR count). The quantitative estimate of drug-likeness (QED) is 0.416. The number of hydrogen-bond acceptors (Lipinski definition) is 8. The van der Waals surface area contributed by atoms with Crippen molar-refractivity contribution in [3.05, 3.63) is 47.1 Å². The molecular weight excluding hydrogens is 644 g/mol. The van der Waals surface area contributed by atoms with Crippen LogP contribution < -0.4 is 15.1 Å². The van der Waals surface area contributed by atoms with E-state index in [0.717, 1.165) is 6.07 Å². The Morgan fingerprint density at radius 3 is 2.26 bits per heavy atom. The zero-order valence-electron chi connectivity index (χ0n) is 26.0. The molecule has 250 valence electrons. The number of piperazine rings is 1. The Kier molecular flexibility index (Phi) is 9.63. The molecule has 0 unspecified atom stereocenters. The normalized spacial score (nSPS) is 20.7. The molecule has 2 aliphatic heterocycles. The van der Waals surface area contributed by atoms with Gasteiger partial charge in [-0.1, -0.05) is 11.6 Å². The Bertz CT molecular complexity index is 1580. The van der Waals surface area contributed by atoms with Crippen molar-refractivity contribution in [2.24, 2.45) is 5.92 Å². The fourth-order valence-electron chi connectivity index (χ4n) is 6.01. The number of rotatable bonds is 7. The Balaban J connectivity index is 1.20. The van der Waals surface area contributed by atoms with E-state index in [9.17, 15) is 22.8 Å². The Hall–Kier alpha value is -3.36. The second-order valence-electron chi connectivity index (χ2n) is 12.9. The summed E-state index contributed by atoms with van der Waals surface area (Å²) < 4.78 is 64.4. The fraction of sp³-hybridized carbons (Fsp3) is 0.548. The van der Waals surface area contributed by atoms with Crippen molar-refractivity contribution in [1.29, 1.82) is 0 Å². The summed E-state index contributed by atoms with van der Waals surface area (Å²) in [6.07, 6.45) is -0.0372. The second-order valence-corrected chi connectivity index (χ2v) is 15.2. The highest BCUT2D eigenvalue weighted by Crippen LogP contribution is 2.44. The Labute approximate surface area is 272 Å². The molecule has 2 amide bonds. The molecule has 0 bridgehead atoms. The number of pyridine rings is 1. The molecule has 0 radical (unpaired) electrons. The molecule has 2 aromatic rings. The molecule has 1 aromatic heterocycles. The maximum atomic E-state index is 15.4. The van der Waals surface area contributed by atoms with Crippen molar-refractivity contribution in [3.63, 3.8) is 0 Å². The average Bonchev–Trinajstić information content (AvgIpc) is 3.35. The average molecular weight is 682 g/mol. The van der Waals surface area contributed by atoms with Gasteiger partial charge in [0.25, 0.3) is 5.92 Å². The summed E-state index contributed by atoms with van der Waals surface area (Å²) in [4.78, 5) is 43.8. The third-order valence-electron chi connectivity index (χ3n) is 8.42. The largest absolute Gasteiger partial charge is 0.444 e. The van der Waals surface area contributed by atoms with Gasteiger partial charge in [-0.2, -0.15) is 4.31 Å². The lowest BCUT2D eigenvalue weighted by Crippen LogP contribution is -2.49. The summed E-state index contributed by atoms with van der Waals surface area (Å²) in [6, 6.07) is 7.98. The first-order valence-corrected chi connectivity index (χ1v) is 17.1. The van der Waals surface area contributed by atoms with E-state index in [0.29, 0.717) is 5.69 Å². The first-order valence-electron chi connectivity index (χ1n) is 15.3. The van der Waals surface area contributed by atoms with Crippen molar-refractivity contribution in [2.45, 2.75) is 75.3 Å². The van der Waals surface area contributed by atoms with Crippen molar-refractivity contribution in [1.82, 2.24) is 14.6 Å². The van der Waals surface area contributed by atoms with Crippen molar-refractivity contribution >= 4 is 50.9 Å². The maximum Gasteiger partial charge on any atom is 0.407 e. The van der Waals surface area contributed by atoms with E-state index in [1.165, 1.54) is 27.4 Å². The number of ether oxygens (including phenoxy) is 1. The molecule has 46 heavy (non-hydrogen) atoms. The van der Waals surface area contributed by atoms with E-state index in [-0.39, 0.29) is 97.9 Å². The molecule has 15 heteroatoms. The third kappa shape index (κ3) is 7.60. The molecule has 0 spiro atoms. The summed E-state index contributed by atoms with van der Waals surface area (Å²) in [5.74, 6) is -4.13. The maximum absolute atomic E-state index is 15.4. The van der Waals surface area contributed by atoms with Crippen LogP contribution in [0.3, 0.4) is 0 Å². The highest BCUT2D eigenvalue weighted by atomic mass is 35.5. The van der Waals surface area contributed by atoms with Gasteiger partial charge in [0.05, 0.1) is 10.9 Å². The second kappa shape index (κ2) is 13.0. The predicted octanol–water partition coefficient (Wildman–Crippen LogP) is 4.73. The van der Waals surface area contributed by atoms with E-state index in [2.05, 4.69) is 10.3 Å². The number of carbonyl (C=O) groups excluding carboxylic acids is 3. The van der Waals surface area contributed by atoms with Gasteiger partial charge in [-0.15, -0.1) is 0 Å². The number of aromatic nitrogens is 1. The van der Waals surface area contributed by atoms with Crippen molar-refractivity contribution < 1.29 is 36.3 Å². The van der Waals surface area contributed by atoms with Gasteiger partial charge in [-0.3, -0.25) is 9.59 Å². The number of Topliss-reactive ketones (excluding diaryl/α,β-unsaturated/α-hetero) is 1. The minimum Gasteiger partial charge on any atom is -0.444 e. The number of sulfonamides is 1. The molecule has 1 aliphatic carbocycles. The van der Waals surface area contributed by atoms with Crippen molar-refractivity contribution in [3.8, 4) is 0 Å². The van der Waals surface area contributed by atoms with Gasteiger partial charge >= 0.3 is 6.09 Å². The van der Waals surface area contributed by atoms with E-state index in [4.69, 9.17) is 16.3 Å². The number of benzene rings is 1. The van der Waals surface area contributed by atoms with Crippen molar-refractivity contribution in [2.75, 3.05) is 42.5 Å². The van der Waals surface area contributed by atoms with Gasteiger partial charge in [0.15, 0.2) is 0 Å². The molecule has 1 saturated carbocycles. The molecule has 11 nitrogen and oxygen atoms in total. The minimum atomic E-state index is -3.89. The monoisotopic (exact) mass is 681 g/mol. The Morgan fingerprint density at radius 1 is 1.02 bits per heavy atom. The van der Waals surface area contributed by atoms with E-state index in [1.54, 1.807) is 37.8 Å². The predicted molar refractivity (Wildman–Crippen MR) is 168 cm³/mol. The van der Waals surface area contributed by atoms with Crippen LogP contribution in [-0.2, 0) is 30.3 Å². The molecular formula is C31H38ClF2N5O6S. The Morgan fingerprint density at radius 2 is 1.65 bits per heavy atom. The van der Waals surface area contributed by atoms with Gasteiger partial charge in [0.1, 0.15) is 22.4 Å². The fourth-order valence-corrected chi connectivity index (χ4v) is 7.63. The summed E-state index contributed by atoms with van der Waals surface area (Å²) in [5, 5.41) is 2.61. The minimum absolute atomic E-state index is 0.00575. The number of carbonyl (C=O) groups is 3. The lowest BCUT2D eigenvalue weighted by Gasteiger charge is -2.35. The summed E-state index contributed by atoms with van der Waals surface area (Å²) in [7, 11) is -3.89. The van der Waals surface area contributed by atoms with Crippen LogP contribution in [0.15, 0.2) is 41.3 Å². The molecule has 3 aliphatic rings. The number of anilines is 2. The first kappa shape index (κ1) is 34.0. The van der Waals surface area contributed by atoms with Crippen LogP contribution >= 0.6 is 11.6 Å². The molecule has 3 fully saturated rings. The highest BCUT2D eigenvalue weighted by Gasteiger charge is 2.43. The molecule has 3 heterocycles. The number of alkyl carbamates (subject to hydrolysis) is 1. The number of hydrogen-bond donors (Lipinski definition) is 1. The lowest BCUT2D eigenvalue weighted by atomic mass is 9.81. The van der Waals surface area contributed by atoms with Crippen LogP contribution in [0.5, 0.6) is 0 Å². The molecule has 1 atom stereocenters. The molecule has 1 N–H and O–H groups in total. The van der Waals surface area contributed by atoms with Gasteiger partial charge in [0, 0.05) is 69.2 Å². The van der Waals surface area contributed by atoms with E-state index < -0.39 is 39.6 Å². The SMILES string of the molecule is CC(C)(C)OC(=O)N[C@@H]1CC(=O)N(c2ccc(S(=O)(=O)N3CCN(c4cc(C(F)(F)C5CCC(=O)CC5)cc(Cl)n4)CC3)cc2)C1. The lowest BCUT2D eigenvalue weighted by molar-refractivity contribution is -0.126. The highest BCUT2D eigenvalue weighted by molar-refractivity contribution is 7.89. The van der Waals surface area contributed by atoms with Crippen LogP contribution in [0.1, 0.15) is 58.4 Å². The van der Waals surface area contributed by atoms with Crippen LogP contribution in [0.25, 0.3) is 0 Å². The first-order chi connectivity index (χ1) is 21.5. The van der Waals surface area contributed by atoms with Gasteiger partial charge in [0.2, 0.25) is 15.9 Å². The molecule has 2 saturated heterocycles. The van der Waals surface area contributed by atoms with Gasteiger partial charge in [-0.05, 0) is 70.0 Å². The van der Waals surface area contributed by atoms with Gasteiger partial charge in [-0.25, -0.2) is 27.0 Å². The number of nitrogens with one attached hydrogen (secondary N) is 1. The molecule has 1 aromatic carbocycles. The summed E-state index contributed by atoms with van der Waals surface area (Å²) in [5.41, 5.74) is -0.436.